The van der Waals surface area contributed by atoms with E-state index in [1.54, 1.807) is 0 Å². The van der Waals surface area contributed by atoms with E-state index in [0.717, 1.165) is 44.6 Å². The van der Waals surface area contributed by atoms with E-state index in [-0.39, 0.29) is 0 Å². The second kappa shape index (κ2) is 8.51. The average molecular weight is 394 g/mol. The van der Waals surface area contributed by atoms with Crippen LogP contribution in [0.15, 0.2) is 22.7 Å². The highest BCUT2D eigenvalue weighted by molar-refractivity contribution is 9.10. The van der Waals surface area contributed by atoms with Crippen LogP contribution in [0.4, 0.5) is 13.2 Å². The standard InChI is InChI=1S/C15H20BBrF3NO2/c1-2-3-6-21-7-9-22-16(23-10-8-21)13-5-4-12(11-14(13)17)15(18,19)20/h4-5,11H,2-3,6-10H2,1H3. The Balaban J connectivity index is 2.00. The van der Waals surface area contributed by atoms with Gasteiger partial charge in [0.25, 0.3) is 0 Å². The van der Waals surface area contributed by atoms with Gasteiger partial charge in [-0.1, -0.05) is 41.4 Å². The zero-order valence-corrected chi connectivity index (χ0v) is 14.6. The number of benzene rings is 1. The molecule has 23 heavy (non-hydrogen) atoms. The van der Waals surface area contributed by atoms with Crippen molar-refractivity contribution in [3.05, 3.63) is 28.2 Å². The van der Waals surface area contributed by atoms with Crippen LogP contribution in [0.5, 0.6) is 0 Å². The zero-order chi connectivity index (χ0) is 16.9. The van der Waals surface area contributed by atoms with E-state index in [2.05, 4.69) is 27.8 Å². The Morgan fingerprint density at radius 1 is 1.22 bits per heavy atom. The predicted octanol–water partition coefficient (Wildman–Crippen LogP) is 3.31. The third kappa shape index (κ3) is 5.48. The molecule has 0 spiro atoms. The summed E-state index contributed by atoms with van der Waals surface area (Å²) in [7, 11) is -0.639. The van der Waals surface area contributed by atoms with Gasteiger partial charge in [0.2, 0.25) is 0 Å². The summed E-state index contributed by atoms with van der Waals surface area (Å²) in [6.45, 7) is 5.74. The van der Waals surface area contributed by atoms with E-state index in [0.29, 0.717) is 23.1 Å². The molecule has 8 heteroatoms. The number of hydrogen-bond donors (Lipinski definition) is 0. The Hall–Kier alpha value is -0.565. The highest BCUT2D eigenvalue weighted by atomic mass is 79.9. The molecule has 0 radical (unpaired) electrons. The maximum Gasteiger partial charge on any atom is 0.495 e. The molecule has 0 bridgehead atoms. The summed E-state index contributed by atoms with van der Waals surface area (Å²) in [4.78, 5) is 2.28. The maximum atomic E-state index is 12.7. The molecule has 128 valence electrons. The molecule has 0 saturated carbocycles. The number of halogens is 4. The maximum absolute atomic E-state index is 12.7. The van der Waals surface area contributed by atoms with Gasteiger partial charge in [-0.15, -0.1) is 0 Å². The van der Waals surface area contributed by atoms with Crippen molar-refractivity contribution in [2.75, 3.05) is 32.8 Å². The van der Waals surface area contributed by atoms with Crippen molar-refractivity contribution in [3.8, 4) is 0 Å². The fourth-order valence-electron chi connectivity index (χ4n) is 2.42. The van der Waals surface area contributed by atoms with Gasteiger partial charge < -0.3 is 9.31 Å². The molecule has 0 aliphatic carbocycles. The van der Waals surface area contributed by atoms with Gasteiger partial charge in [0, 0.05) is 30.8 Å². The van der Waals surface area contributed by atoms with Gasteiger partial charge >= 0.3 is 13.3 Å². The van der Waals surface area contributed by atoms with Gasteiger partial charge in [0.1, 0.15) is 0 Å². The third-order valence-corrected chi connectivity index (χ3v) is 4.45. The van der Waals surface area contributed by atoms with Crippen molar-refractivity contribution in [3.63, 3.8) is 0 Å². The lowest BCUT2D eigenvalue weighted by Gasteiger charge is -2.27. The average Bonchev–Trinajstić information content (AvgIpc) is 2.46. The summed E-state index contributed by atoms with van der Waals surface area (Å²) in [6.07, 6.45) is -2.09. The summed E-state index contributed by atoms with van der Waals surface area (Å²) >= 11 is 3.20. The minimum absolute atomic E-state index is 0.348. The molecule has 1 aliphatic rings. The zero-order valence-electron chi connectivity index (χ0n) is 13.0. The van der Waals surface area contributed by atoms with Crippen LogP contribution >= 0.6 is 15.9 Å². The largest absolute Gasteiger partial charge is 0.495 e. The Bertz CT molecular complexity index is 506. The van der Waals surface area contributed by atoms with Crippen molar-refractivity contribution in [2.45, 2.75) is 25.9 Å². The number of hydrogen-bond acceptors (Lipinski definition) is 3. The molecule has 0 atom stereocenters. The quantitative estimate of drug-likeness (QED) is 0.732. The first kappa shape index (κ1) is 18.8. The Morgan fingerprint density at radius 3 is 2.39 bits per heavy atom. The minimum Gasteiger partial charge on any atom is -0.406 e. The van der Waals surface area contributed by atoms with Crippen LogP contribution in [0.2, 0.25) is 0 Å². The monoisotopic (exact) mass is 393 g/mol. The minimum atomic E-state index is -4.36. The number of alkyl halides is 3. The molecule has 0 N–H and O–H groups in total. The van der Waals surface area contributed by atoms with Crippen LogP contribution in [-0.2, 0) is 15.5 Å². The summed E-state index contributed by atoms with van der Waals surface area (Å²) in [5.74, 6) is 0. The van der Waals surface area contributed by atoms with Gasteiger partial charge in [-0.05, 0) is 24.5 Å². The van der Waals surface area contributed by atoms with Crippen LogP contribution in [0.25, 0.3) is 0 Å². The molecular formula is C15H20BBrF3NO2. The lowest BCUT2D eigenvalue weighted by atomic mass is 9.78. The fourth-order valence-corrected chi connectivity index (χ4v) is 2.98. The van der Waals surface area contributed by atoms with E-state index in [9.17, 15) is 13.2 Å². The van der Waals surface area contributed by atoms with Gasteiger partial charge in [-0.2, -0.15) is 13.2 Å². The molecule has 0 aromatic heterocycles. The van der Waals surface area contributed by atoms with E-state index in [4.69, 9.17) is 9.31 Å². The first-order valence-electron chi connectivity index (χ1n) is 7.74. The Kier molecular flexibility index (Phi) is 6.94. The SMILES string of the molecule is CCCCN1CCOB(c2ccc(C(F)(F)F)cc2Br)OCC1. The second-order valence-corrected chi connectivity index (χ2v) is 6.36. The molecule has 1 aliphatic heterocycles. The molecule has 1 saturated heterocycles. The van der Waals surface area contributed by atoms with Crippen molar-refractivity contribution < 1.29 is 22.5 Å². The van der Waals surface area contributed by atoms with E-state index in [1.165, 1.54) is 6.07 Å². The molecule has 1 aromatic rings. The molecule has 1 aromatic carbocycles. The van der Waals surface area contributed by atoms with E-state index >= 15 is 0 Å². The van der Waals surface area contributed by atoms with Crippen molar-refractivity contribution in [1.82, 2.24) is 4.90 Å². The van der Waals surface area contributed by atoms with E-state index in [1.807, 2.05) is 0 Å². The van der Waals surface area contributed by atoms with Gasteiger partial charge in [-0.25, -0.2) is 0 Å². The molecule has 1 heterocycles. The van der Waals surface area contributed by atoms with Crippen LogP contribution < -0.4 is 5.46 Å². The highest BCUT2D eigenvalue weighted by Gasteiger charge is 2.33. The first-order valence-corrected chi connectivity index (χ1v) is 8.53. The molecular weight excluding hydrogens is 374 g/mol. The van der Waals surface area contributed by atoms with Gasteiger partial charge in [0.15, 0.2) is 0 Å². The summed E-state index contributed by atoms with van der Waals surface area (Å²) in [5.41, 5.74) is -0.107. The smallest absolute Gasteiger partial charge is 0.406 e. The topological polar surface area (TPSA) is 21.7 Å². The van der Waals surface area contributed by atoms with Crippen LogP contribution in [0.1, 0.15) is 25.3 Å². The molecule has 0 unspecified atom stereocenters. The third-order valence-electron chi connectivity index (χ3n) is 3.76. The first-order chi connectivity index (χ1) is 10.9. The number of unbranched alkanes of at least 4 members (excludes halogenated alkanes) is 1. The number of nitrogens with zero attached hydrogens (tertiary/aromatic N) is 1. The predicted molar refractivity (Wildman–Crippen MR) is 87.8 cm³/mol. The summed E-state index contributed by atoms with van der Waals surface area (Å²) in [6, 6.07) is 3.53. The van der Waals surface area contributed by atoms with Crippen LogP contribution in [-0.4, -0.2) is 44.9 Å². The molecule has 3 nitrogen and oxygen atoms in total. The summed E-state index contributed by atoms with van der Waals surface area (Å²) < 4.78 is 49.9. The van der Waals surface area contributed by atoms with Gasteiger partial charge in [0.05, 0.1) is 5.56 Å². The fraction of sp³-hybridized carbons (Fsp3) is 0.600. The lowest BCUT2D eigenvalue weighted by molar-refractivity contribution is -0.137. The van der Waals surface area contributed by atoms with E-state index < -0.39 is 18.9 Å². The van der Waals surface area contributed by atoms with Crippen molar-refractivity contribution in [2.24, 2.45) is 0 Å². The Labute approximate surface area is 143 Å². The van der Waals surface area contributed by atoms with Crippen molar-refractivity contribution >= 4 is 28.5 Å². The molecule has 0 amide bonds. The van der Waals surface area contributed by atoms with Crippen LogP contribution in [0.3, 0.4) is 0 Å². The lowest BCUT2D eigenvalue weighted by Crippen LogP contribution is -2.45. The molecule has 2 rings (SSSR count). The second-order valence-electron chi connectivity index (χ2n) is 5.50. The summed E-state index contributed by atoms with van der Waals surface area (Å²) in [5, 5.41) is 0. The normalized spacial score (nSPS) is 17.9. The Morgan fingerprint density at radius 2 is 1.87 bits per heavy atom. The highest BCUT2D eigenvalue weighted by Crippen LogP contribution is 2.30. The van der Waals surface area contributed by atoms with Crippen LogP contribution in [0, 0.1) is 0 Å². The number of rotatable bonds is 4. The van der Waals surface area contributed by atoms with Gasteiger partial charge in [-0.3, -0.25) is 4.90 Å². The van der Waals surface area contributed by atoms with Crippen molar-refractivity contribution in [1.29, 1.82) is 0 Å². The molecule has 1 fully saturated rings.